The summed E-state index contributed by atoms with van der Waals surface area (Å²) < 4.78 is 11.8. The molecule has 12 aromatic rings. The lowest BCUT2D eigenvalue weighted by molar-refractivity contribution is 0.673. The van der Waals surface area contributed by atoms with Crippen LogP contribution in [0.5, 0.6) is 0 Å². The van der Waals surface area contributed by atoms with Gasteiger partial charge in [-0.15, -0.1) is 0 Å². The Hall–Kier alpha value is -7.10. The zero-order valence-corrected chi connectivity index (χ0v) is 28.5. The Kier molecular flexibility index (Phi) is 5.11. The van der Waals surface area contributed by atoms with Gasteiger partial charge in [-0.25, -0.2) is 0 Å². The number of hydrogen-bond donors (Lipinski definition) is 0. The Labute approximate surface area is 303 Å². The van der Waals surface area contributed by atoms with Crippen LogP contribution in [0.3, 0.4) is 0 Å². The summed E-state index contributed by atoms with van der Waals surface area (Å²) >= 11 is 0. The molecule has 0 aliphatic heterocycles. The average molecular weight is 673 g/mol. The predicted molar refractivity (Wildman–Crippen MR) is 222 cm³/mol. The molecule has 0 atom stereocenters. The normalized spacial score (nSPS) is 12.5. The summed E-state index contributed by atoms with van der Waals surface area (Å²) in [5.41, 5.74) is 14.0. The molecule has 3 heterocycles. The predicted octanol–water partition coefficient (Wildman–Crippen LogP) is 13.7. The van der Waals surface area contributed by atoms with Gasteiger partial charge in [0.2, 0.25) is 0 Å². The van der Waals surface area contributed by atoms with Crippen molar-refractivity contribution in [2.45, 2.75) is 0 Å². The van der Waals surface area contributed by atoms with Gasteiger partial charge in [0.25, 0.3) is 0 Å². The van der Waals surface area contributed by atoms with Crippen molar-refractivity contribution < 1.29 is 4.42 Å². The molecule has 0 bridgehead atoms. The Morgan fingerprint density at radius 1 is 0.340 bits per heavy atom. The summed E-state index contributed by atoms with van der Waals surface area (Å²) in [6, 6.07) is 62.2. The molecule has 3 heteroatoms. The zero-order valence-electron chi connectivity index (χ0n) is 28.5. The Balaban J connectivity index is 1.24. The molecular formula is C50H28N2O. The van der Waals surface area contributed by atoms with E-state index in [0.29, 0.717) is 0 Å². The van der Waals surface area contributed by atoms with E-state index in [4.69, 9.17) is 4.42 Å². The van der Waals surface area contributed by atoms with Gasteiger partial charge in [0.05, 0.1) is 33.1 Å². The molecule has 0 amide bonds. The van der Waals surface area contributed by atoms with Gasteiger partial charge in [-0.05, 0) is 93.0 Å². The van der Waals surface area contributed by atoms with E-state index >= 15 is 0 Å². The summed E-state index contributed by atoms with van der Waals surface area (Å²) in [5, 5.41) is 12.1. The smallest absolute Gasteiger partial charge is 0.145 e. The molecule has 9 aromatic carbocycles. The molecule has 0 fully saturated rings. The summed E-state index contributed by atoms with van der Waals surface area (Å²) in [6.45, 7) is 0. The second-order valence-electron chi connectivity index (χ2n) is 14.4. The van der Waals surface area contributed by atoms with Crippen LogP contribution in [0.25, 0.3) is 121 Å². The first kappa shape index (κ1) is 27.6. The largest absolute Gasteiger partial charge is 0.455 e. The van der Waals surface area contributed by atoms with Crippen LogP contribution in [-0.2, 0) is 0 Å². The van der Waals surface area contributed by atoms with Crippen molar-refractivity contribution in [2.24, 2.45) is 0 Å². The number of rotatable bonds is 2. The monoisotopic (exact) mass is 672 g/mol. The minimum Gasteiger partial charge on any atom is -0.455 e. The van der Waals surface area contributed by atoms with Gasteiger partial charge in [0.15, 0.2) is 0 Å². The SMILES string of the molecule is c1ccc2c(c1)-c1cccc3cc(-n4c5ccc6c7ccccc7oc6c5c5c6c7ccccc7n(-c7cccc8ccccc78)c6ccc54)cc-2c13. The lowest BCUT2D eigenvalue weighted by atomic mass is 10.0. The highest BCUT2D eigenvalue weighted by Gasteiger charge is 2.26. The third-order valence-corrected chi connectivity index (χ3v) is 11.8. The van der Waals surface area contributed by atoms with Gasteiger partial charge < -0.3 is 13.6 Å². The van der Waals surface area contributed by atoms with E-state index in [1.165, 1.54) is 76.7 Å². The van der Waals surface area contributed by atoms with Gasteiger partial charge in [-0.2, -0.15) is 0 Å². The van der Waals surface area contributed by atoms with Gasteiger partial charge in [0.1, 0.15) is 11.2 Å². The van der Waals surface area contributed by atoms with E-state index in [1.54, 1.807) is 0 Å². The second-order valence-corrected chi connectivity index (χ2v) is 14.4. The topological polar surface area (TPSA) is 23.0 Å². The molecular weight excluding hydrogens is 645 g/mol. The van der Waals surface area contributed by atoms with E-state index in [2.05, 4.69) is 179 Å². The second kappa shape index (κ2) is 9.81. The van der Waals surface area contributed by atoms with Crippen LogP contribution in [0.2, 0.25) is 0 Å². The van der Waals surface area contributed by atoms with Gasteiger partial charge in [-0.1, -0.05) is 115 Å². The highest BCUT2D eigenvalue weighted by atomic mass is 16.3. The van der Waals surface area contributed by atoms with E-state index in [9.17, 15) is 0 Å². The van der Waals surface area contributed by atoms with E-state index in [1.807, 2.05) is 0 Å². The standard InChI is InChI=1S/C50H28N2O/c1-2-14-32-29(11-1)12-10-21-40(32)52-41-20-7-5-18-38(41)47-42(52)25-26-43-48(47)49-44(24-23-37-35-17-6-8-22-45(35)53-50(37)49)51(43)31-27-30-13-9-19-36-33-15-3-4-16-34(33)39(28-31)46(30)36/h1-28H. The number of para-hydroxylation sites is 2. The third kappa shape index (κ3) is 3.44. The Morgan fingerprint density at radius 2 is 0.981 bits per heavy atom. The maximum atomic E-state index is 6.88. The van der Waals surface area contributed by atoms with Crippen molar-refractivity contribution in [2.75, 3.05) is 0 Å². The highest BCUT2D eigenvalue weighted by molar-refractivity contribution is 6.34. The minimum atomic E-state index is 0.907. The van der Waals surface area contributed by atoms with E-state index < -0.39 is 0 Å². The number of fused-ring (bicyclic) bond motifs is 15. The van der Waals surface area contributed by atoms with E-state index in [-0.39, 0.29) is 0 Å². The molecule has 1 aliphatic rings. The van der Waals surface area contributed by atoms with Crippen LogP contribution in [0.4, 0.5) is 0 Å². The minimum absolute atomic E-state index is 0.907. The van der Waals surface area contributed by atoms with Gasteiger partial charge in [-0.3, -0.25) is 0 Å². The van der Waals surface area contributed by atoms with Crippen molar-refractivity contribution >= 4 is 87.1 Å². The molecule has 13 rings (SSSR count). The molecule has 244 valence electrons. The van der Waals surface area contributed by atoms with E-state index in [0.717, 1.165) is 44.0 Å². The fourth-order valence-electron chi connectivity index (χ4n) is 9.70. The highest BCUT2D eigenvalue weighted by Crippen LogP contribution is 2.50. The summed E-state index contributed by atoms with van der Waals surface area (Å²) in [6.07, 6.45) is 0. The van der Waals surface area contributed by atoms with Crippen LogP contribution in [-0.4, -0.2) is 9.13 Å². The molecule has 3 aromatic heterocycles. The first-order valence-corrected chi connectivity index (χ1v) is 18.3. The molecule has 1 aliphatic carbocycles. The first-order chi connectivity index (χ1) is 26.3. The maximum absolute atomic E-state index is 6.88. The van der Waals surface area contributed by atoms with Crippen LogP contribution in [0.15, 0.2) is 174 Å². The molecule has 0 radical (unpaired) electrons. The Morgan fingerprint density at radius 3 is 1.89 bits per heavy atom. The fourth-order valence-corrected chi connectivity index (χ4v) is 9.70. The number of benzene rings is 9. The number of nitrogens with zero attached hydrogens (tertiary/aromatic N) is 2. The molecule has 0 saturated heterocycles. The van der Waals surface area contributed by atoms with Crippen molar-refractivity contribution in [1.29, 1.82) is 0 Å². The first-order valence-electron chi connectivity index (χ1n) is 18.3. The maximum Gasteiger partial charge on any atom is 0.145 e. The molecule has 53 heavy (non-hydrogen) atoms. The van der Waals surface area contributed by atoms with Crippen LogP contribution >= 0.6 is 0 Å². The van der Waals surface area contributed by atoms with Crippen molar-refractivity contribution in [3.63, 3.8) is 0 Å². The molecule has 0 unspecified atom stereocenters. The summed E-state index contributed by atoms with van der Waals surface area (Å²) in [7, 11) is 0. The van der Waals surface area contributed by atoms with Gasteiger partial charge >= 0.3 is 0 Å². The molecule has 0 N–H and O–H groups in total. The summed E-state index contributed by atoms with van der Waals surface area (Å²) in [4.78, 5) is 0. The lowest BCUT2D eigenvalue weighted by Crippen LogP contribution is -1.96. The number of hydrogen-bond acceptors (Lipinski definition) is 1. The fraction of sp³-hybridized carbons (Fsp3) is 0. The van der Waals surface area contributed by atoms with Crippen molar-refractivity contribution in [1.82, 2.24) is 9.13 Å². The van der Waals surface area contributed by atoms with Crippen LogP contribution in [0, 0.1) is 0 Å². The van der Waals surface area contributed by atoms with Crippen molar-refractivity contribution in [3.8, 4) is 33.6 Å². The molecule has 0 saturated carbocycles. The average Bonchev–Trinajstić information content (AvgIpc) is 3.95. The number of aromatic nitrogens is 2. The summed E-state index contributed by atoms with van der Waals surface area (Å²) in [5.74, 6) is 0. The third-order valence-electron chi connectivity index (χ3n) is 11.8. The lowest BCUT2D eigenvalue weighted by Gasteiger charge is -2.13. The number of furan rings is 1. The molecule has 3 nitrogen and oxygen atoms in total. The van der Waals surface area contributed by atoms with Gasteiger partial charge in [0, 0.05) is 38.0 Å². The van der Waals surface area contributed by atoms with Crippen molar-refractivity contribution in [3.05, 3.63) is 170 Å². The van der Waals surface area contributed by atoms with Crippen LogP contribution < -0.4 is 0 Å². The van der Waals surface area contributed by atoms with Crippen LogP contribution in [0.1, 0.15) is 0 Å². The molecule has 0 spiro atoms. The Bertz CT molecular complexity index is 3570. The zero-order chi connectivity index (χ0) is 34.4. The quantitative estimate of drug-likeness (QED) is 0.179.